The van der Waals surface area contributed by atoms with Gasteiger partial charge in [-0.2, -0.15) is 0 Å². The van der Waals surface area contributed by atoms with Crippen LogP contribution in [0.25, 0.3) is 11.3 Å². The monoisotopic (exact) mass is 288 g/mol. The molecule has 1 aromatic rings. The normalized spacial score (nSPS) is 22.6. The molecule has 21 heavy (non-hydrogen) atoms. The lowest BCUT2D eigenvalue weighted by Crippen LogP contribution is -2.39. The van der Waals surface area contributed by atoms with Gasteiger partial charge in [0, 0.05) is 5.92 Å². The molecule has 1 atom stereocenters. The fraction of sp³-hybridized carbons (Fsp3) is 0.200. The van der Waals surface area contributed by atoms with Crippen molar-refractivity contribution >= 4 is 19.3 Å². The molecule has 0 aromatic heterocycles. The summed E-state index contributed by atoms with van der Waals surface area (Å²) in [6.07, 6.45) is 17.2. The number of hydrogen-bond donors (Lipinski definition) is 0. The summed E-state index contributed by atoms with van der Waals surface area (Å²) in [7, 11) is -1.59. The summed E-state index contributed by atoms with van der Waals surface area (Å²) < 4.78 is 0. The average Bonchev–Trinajstić information content (AvgIpc) is 3.12. The van der Waals surface area contributed by atoms with Gasteiger partial charge in [0.25, 0.3) is 0 Å². The van der Waals surface area contributed by atoms with Crippen LogP contribution in [0.1, 0.15) is 6.42 Å². The van der Waals surface area contributed by atoms with E-state index in [1.165, 1.54) is 16.0 Å². The number of rotatable bonds is 2. The molecular formula is C20H20Si. The minimum absolute atomic E-state index is 0.525. The summed E-state index contributed by atoms with van der Waals surface area (Å²) in [5.74, 6) is 0.525. The highest BCUT2D eigenvalue weighted by Crippen LogP contribution is 2.40. The molecule has 0 amide bonds. The number of hydrogen-bond acceptors (Lipinski definition) is 0. The van der Waals surface area contributed by atoms with E-state index < -0.39 is 8.07 Å². The molecule has 0 N–H and O–H groups in total. The van der Waals surface area contributed by atoms with E-state index in [0.29, 0.717) is 5.92 Å². The Morgan fingerprint density at radius 1 is 1.05 bits per heavy atom. The van der Waals surface area contributed by atoms with Crippen LogP contribution in [0.5, 0.6) is 0 Å². The molecule has 3 aliphatic rings. The number of fused-ring (bicyclic) bond motifs is 2. The molecule has 1 unspecified atom stereocenters. The van der Waals surface area contributed by atoms with Crippen LogP contribution in [0, 0.1) is 5.92 Å². The molecule has 0 saturated heterocycles. The fourth-order valence-electron chi connectivity index (χ4n) is 3.92. The van der Waals surface area contributed by atoms with Crippen molar-refractivity contribution in [1.29, 1.82) is 0 Å². The van der Waals surface area contributed by atoms with E-state index in [2.05, 4.69) is 79.9 Å². The van der Waals surface area contributed by atoms with Gasteiger partial charge in [-0.25, -0.2) is 0 Å². The molecule has 0 nitrogen and oxygen atoms in total. The zero-order valence-electron chi connectivity index (χ0n) is 12.6. The predicted octanol–water partition coefficient (Wildman–Crippen LogP) is 3.42. The Balaban J connectivity index is 1.82. The van der Waals surface area contributed by atoms with E-state index in [-0.39, 0.29) is 0 Å². The lowest BCUT2D eigenvalue weighted by molar-refractivity contribution is 0.984. The Kier molecular flexibility index (Phi) is 2.80. The zero-order valence-corrected chi connectivity index (χ0v) is 13.6. The van der Waals surface area contributed by atoms with Crippen molar-refractivity contribution in [3.63, 3.8) is 0 Å². The van der Waals surface area contributed by atoms with Crippen molar-refractivity contribution < 1.29 is 0 Å². The maximum Gasteiger partial charge on any atom is 0.105 e. The highest BCUT2D eigenvalue weighted by Gasteiger charge is 2.37. The Labute approximate surface area is 127 Å². The van der Waals surface area contributed by atoms with Crippen LogP contribution >= 0.6 is 0 Å². The number of benzene rings is 1. The first-order valence-electron chi connectivity index (χ1n) is 7.74. The van der Waals surface area contributed by atoms with Crippen molar-refractivity contribution in [2.24, 2.45) is 5.92 Å². The second-order valence-electron chi connectivity index (χ2n) is 6.61. The molecule has 1 aromatic carbocycles. The molecule has 0 aliphatic heterocycles. The minimum atomic E-state index is -1.59. The quantitative estimate of drug-likeness (QED) is 0.732. The van der Waals surface area contributed by atoms with Crippen molar-refractivity contribution in [2.75, 3.05) is 0 Å². The second kappa shape index (κ2) is 4.57. The summed E-state index contributed by atoms with van der Waals surface area (Å²) in [5, 5.41) is 6.29. The van der Waals surface area contributed by atoms with Crippen LogP contribution in [0.3, 0.4) is 0 Å². The highest BCUT2D eigenvalue weighted by atomic mass is 28.3. The van der Waals surface area contributed by atoms with E-state index in [9.17, 15) is 0 Å². The molecule has 3 aliphatic carbocycles. The van der Waals surface area contributed by atoms with Crippen LogP contribution in [0.2, 0.25) is 13.1 Å². The molecule has 0 radical (unpaired) electrons. The van der Waals surface area contributed by atoms with E-state index in [1.807, 2.05) is 0 Å². The lowest BCUT2D eigenvalue weighted by Gasteiger charge is -2.31. The van der Waals surface area contributed by atoms with Crippen LogP contribution in [0.4, 0.5) is 0 Å². The zero-order chi connectivity index (χ0) is 14.4. The highest BCUT2D eigenvalue weighted by molar-refractivity contribution is 6.99. The van der Waals surface area contributed by atoms with E-state index >= 15 is 0 Å². The summed E-state index contributed by atoms with van der Waals surface area (Å²) in [6.45, 7) is 5.04. The van der Waals surface area contributed by atoms with Gasteiger partial charge >= 0.3 is 0 Å². The van der Waals surface area contributed by atoms with Gasteiger partial charge in [0.1, 0.15) is 8.07 Å². The SMILES string of the molecule is C[Si](C)(C1=CC=C2C=CC=CC21)C1=c2ccccc2=CC1. The second-order valence-corrected chi connectivity index (χ2v) is 11.0. The summed E-state index contributed by atoms with van der Waals surface area (Å²) in [6, 6.07) is 8.89. The summed E-state index contributed by atoms with van der Waals surface area (Å²) in [4.78, 5) is 0. The Bertz CT molecular complexity index is 844. The Hall–Kier alpha value is -1.86. The first-order chi connectivity index (χ1) is 10.2. The van der Waals surface area contributed by atoms with E-state index in [0.717, 1.165) is 6.42 Å². The molecule has 1 heteroatoms. The molecule has 0 saturated carbocycles. The Morgan fingerprint density at radius 2 is 1.90 bits per heavy atom. The van der Waals surface area contributed by atoms with Gasteiger partial charge in [0.15, 0.2) is 0 Å². The van der Waals surface area contributed by atoms with Gasteiger partial charge < -0.3 is 0 Å². The molecule has 0 fully saturated rings. The third kappa shape index (κ3) is 1.88. The topological polar surface area (TPSA) is 0 Å². The molecule has 0 bridgehead atoms. The van der Waals surface area contributed by atoms with Crippen LogP contribution in [-0.2, 0) is 0 Å². The van der Waals surface area contributed by atoms with Gasteiger partial charge in [-0.3, -0.25) is 0 Å². The van der Waals surface area contributed by atoms with Gasteiger partial charge in [-0.15, -0.1) is 0 Å². The van der Waals surface area contributed by atoms with Crippen molar-refractivity contribution in [3.8, 4) is 0 Å². The van der Waals surface area contributed by atoms with Gasteiger partial charge in [-0.1, -0.05) is 90.3 Å². The largest absolute Gasteiger partial charge is 0.105 e. The van der Waals surface area contributed by atoms with E-state index in [1.54, 1.807) is 10.4 Å². The van der Waals surface area contributed by atoms with Crippen molar-refractivity contribution in [2.45, 2.75) is 19.5 Å². The fourth-order valence-corrected chi connectivity index (χ4v) is 7.33. The van der Waals surface area contributed by atoms with Crippen LogP contribution < -0.4 is 10.4 Å². The molecule has 0 heterocycles. The first kappa shape index (κ1) is 12.8. The smallest absolute Gasteiger partial charge is 0.0733 e. The molecular weight excluding hydrogens is 268 g/mol. The van der Waals surface area contributed by atoms with Crippen LogP contribution in [-0.4, -0.2) is 8.07 Å². The third-order valence-electron chi connectivity index (χ3n) is 5.14. The molecule has 0 spiro atoms. The van der Waals surface area contributed by atoms with E-state index in [4.69, 9.17) is 0 Å². The average molecular weight is 288 g/mol. The lowest BCUT2D eigenvalue weighted by atomic mass is 9.98. The Morgan fingerprint density at radius 3 is 2.81 bits per heavy atom. The van der Waals surface area contributed by atoms with Gasteiger partial charge in [0.05, 0.1) is 0 Å². The van der Waals surface area contributed by atoms with Gasteiger partial charge in [0.2, 0.25) is 0 Å². The van der Waals surface area contributed by atoms with Crippen molar-refractivity contribution in [1.82, 2.24) is 0 Å². The third-order valence-corrected chi connectivity index (χ3v) is 9.04. The first-order valence-corrected chi connectivity index (χ1v) is 10.7. The maximum atomic E-state index is 2.52. The predicted molar refractivity (Wildman–Crippen MR) is 93.6 cm³/mol. The van der Waals surface area contributed by atoms with Crippen molar-refractivity contribution in [3.05, 3.63) is 81.9 Å². The summed E-state index contributed by atoms with van der Waals surface area (Å²) >= 11 is 0. The van der Waals surface area contributed by atoms with Gasteiger partial charge in [-0.05, 0) is 22.4 Å². The standard InChI is InChI=1S/C20H20Si/c1-21(2,19-13-11-15-7-3-5-9-17(15)19)20-14-12-16-8-4-6-10-18(16)20/h3-13,17H,14H2,1-2H3. The maximum absolute atomic E-state index is 2.52. The molecule has 4 rings (SSSR count). The minimum Gasteiger partial charge on any atom is -0.0733 e. The molecule has 104 valence electrons. The van der Waals surface area contributed by atoms with Crippen LogP contribution in [0.15, 0.2) is 71.5 Å². The number of allylic oxidation sites excluding steroid dienone is 8. The summed E-state index contributed by atoms with van der Waals surface area (Å²) in [5.41, 5.74) is 1.46.